The molecule has 2 rings (SSSR count). The van der Waals surface area contributed by atoms with Gasteiger partial charge >= 0.3 is 12.1 Å². The van der Waals surface area contributed by atoms with Crippen molar-refractivity contribution in [1.29, 1.82) is 0 Å². The van der Waals surface area contributed by atoms with Crippen molar-refractivity contribution in [2.45, 2.75) is 50.6 Å². The highest BCUT2D eigenvalue weighted by molar-refractivity contribution is 8.00. The molecule has 2 unspecified atom stereocenters. The first-order valence-electron chi connectivity index (χ1n) is 6.36. The van der Waals surface area contributed by atoms with Gasteiger partial charge in [0, 0.05) is 6.04 Å². The molecule has 1 amide bonds. The molecule has 0 spiro atoms. The molecule has 0 aromatic carbocycles. The van der Waals surface area contributed by atoms with Crippen LogP contribution in [0.2, 0.25) is 0 Å². The van der Waals surface area contributed by atoms with Crippen molar-refractivity contribution >= 4 is 23.8 Å². The molecule has 2 bridgehead atoms. The highest BCUT2D eigenvalue weighted by Gasteiger charge is 2.43. The van der Waals surface area contributed by atoms with Crippen molar-refractivity contribution in [3.63, 3.8) is 0 Å². The number of hydrogen-bond acceptors (Lipinski definition) is 4. The Labute approximate surface area is 117 Å². The van der Waals surface area contributed by atoms with E-state index in [9.17, 15) is 14.7 Å². The van der Waals surface area contributed by atoms with Gasteiger partial charge < -0.3 is 9.84 Å². The van der Waals surface area contributed by atoms with Gasteiger partial charge in [0.2, 0.25) is 0 Å². The number of ether oxygens (including phenoxy) is 1. The molecule has 5 nitrogen and oxygen atoms in total. The number of hydrogen-bond donors (Lipinski definition) is 1. The smallest absolute Gasteiger partial charge is 0.411 e. The molecule has 2 aliphatic heterocycles. The fraction of sp³-hybridized carbons (Fsp3) is 0.692. The number of amides is 1. The van der Waals surface area contributed by atoms with Crippen molar-refractivity contribution in [3.8, 4) is 0 Å². The van der Waals surface area contributed by atoms with Gasteiger partial charge in [-0.25, -0.2) is 9.59 Å². The molecule has 2 heterocycles. The van der Waals surface area contributed by atoms with Gasteiger partial charge in [0.05, 0.1) is 5.57 Å². The summed E-state index contributed by atoms with van der Waals surface area (Å²) in [4.78, 5) is 25.1. The van der Waals surface area contributed by atoms with Crippen LogP contribution in [-0.2, 0) is 9.53 Å². The molecule has 0 aromatic heterocycles. The summed E-state index contributed by atoms with van der Waals surface area (Å²) < 4.78 is 5.40. The van der Waals surface area contributed by atoms with Crippen LogP contribution in [0.4, 0.5) is 4.79 Å². The Bertz CT molecular complexity index is 427. The summed E-state index contributed by atoms with van der Waals surface area (Å²) in [6.07, 6.45) is 2.80. The van der Waals surface area contributed by atoms with E-state index in [1.165, 1.54) is 11.8 Å². The first kappa shape index (κ1) is 14.2. The van der Waals surface area contributed by atoms with Gasteiger partial charge in [0.25, 0.3) is 0 Å². The zero-order valence-electron chi connectivity index (χ0n) is 11.4. The highest BCUT2D eigenvalue weighted by atomic mass is 32.2. The average molecular weight is 285 g/mol. The van der Waals surface area contributed by atoms with Crippen LogP contribution >= 0.6 is 11.8 Å². The van der Waals surface area contributed by atoms with Gasteiger partial charge in [0.1, 0.15) is 11.0 Å². The number of fused-ring (bicyclic) bond motifs is 2. The monoisotopic (exact) mass is 285 g/mol. The standard InChI is InChI=1S/C13H19NO4S/c1-13(2,3)18-12(17)14-8-4-5-9(11(15)16)10(14)19-7-6-8/h5,8,10H,4,6-7H2,1-3H3,(H,15,16). The lowest BCUT2D eigenvalue weighted by atomic mass is 10.0. The molecular weight excluding hydrogens is 266 g/mol. The summed E-state index contributed by atoms with van der Waals surface area (Å²) in [7, 11) is 0. The number of nitrogens with zero attached hydrogens (tertiary/aromatic N) is 1. The van der Waals surface area contributed by atoms with E-state index >= 15 is 0 Å². The molecule has 0 radical (unpaired) electrons. The predicted octanol–water partition coefficient (Wildman–Crippen LogP) is 2.47. The molecular formula is C13H19NO4S. The van der Waals surface area contributed by atoms with Crippen molar-refractivity contribution in [3.05, 3.63) is 11.6 Å². The topological polar surface area (TPSA) is 66.8 Å². The Morgan fingerprint density at radius 3 is 2.74 bits per heavy atom. The Morgan fingerprint density at radius 2 is 2.16 bits per heavy atom. The molecule has 1 fully saturated rings. The molecule has 106 valence electrons. The van der Waals surface area contributed by atoms with Crippen molar-refractivity contribution < 1.29 is 19.4 Å². The number of carbonyl (C=O) groups is 2. The van der Waals surface area contributed by atoms with Crippen LogP contribution < -0.4 is 0 Å². The third-order valence-electron chi connectivity index (χ3n) is 3.10. The van der Waals surface area contributed by atoms with Crippen LogP contribution in [0, 0.1) is 0 Å². The van der Waals surface area contributed by atoms with Crippen molar-refractivity contribution in [2.75, 3.05) is 5.75 Å². The van der Waals surface area contributed by atoms with Crippen LogP contribution in [0.5, 0.6) is 0 Å². The normalized spacial score (nSPS) is 26.7. The molecule has 1 saturated heterocycles. The summed E-state index contributed by atoms with van der Waals surface area (Å²) in [5.74, 6) is -0.0781. The van der Waals surface area contributed by atoms with Gasteiger partial charge in [-0.3, -0.25) is 4.90 Å². The zero-order chi connectivity index (χ0) is 14.2. The largest absolute Gasteiger partial charge is 0.478 e. The Hall–Kier alpha value is -1.17. The summed E-state index contributed by atoms with van der Waals surface area (Å²) in [5.41, 5.74) is -0.271. The minimum Gasteiger partial charge on any atom is -0.478 e. The van der Waals surface area contributed by atoms with E-state index in [1.807, 2.05) is 20.8 Å². The van der Waals surface area contributed by atoms with Gasteiger partial charge in [-0.2, -0.15) is 0 Å². The van der Waals surface area contributed by atoms with E-state index in [4.69, 9.17) is 4.74 Å². The van der Waals surface area contributed by atoms with Gasteiger partial charge in [-0.05, 0) is 39.4 Å². The van der Waals surface area contributed by atoms with E-state index < -0.39 is 23.0 Å². The molecule has 19 heavy (non-hydrogen) atoms. The number of rotatable bonds is 1. The number of carboxylic acid groups (broad SMARTS) is 1. The molecule has 2 aliphatic rings. The Balaban J connectivity index is 2.23. The second-order valence-corrected chi connectivity index (χ2v) is 6.94. The lowest BCUT2D eigenvalue weighted by molar-refractivity contribution is -0.133. The average Bonchev–Trinajstić information content (AvgIpc) is 2.25. The van der Waals surface area contributed by atoms with E-state index in [2.05, 4.69) is 0 Å². The van der Waals surface area contributed by atoms with Crippen LogP contribution in [0.25, 0.3) is 0 Å². The zero-order valence-corrected chi connectivity index (χ0v) is 12.2. The van der Waals surface area contributed by atoms with Gasteiger partial charge in [-0.1, -0.05) is 6.08 Å². The summed E-state index contributed by atoms with van der Waals surface area (Å²) in [5, 5.41) is 8.81. The molecule has 0 aromatic rings. The lowest BCUT2D eigenvalue weighted by Gasteiger charge is -2.44. The Kier molecular flexibility index (Phi) is 3.80. The SMILES string of the molecule is CC(C)(C)OC(=O)N1C2CC=C(C(=O)O)C1SCC2. The van der Waals surface area contributed by atoms with E-state index in [1.54, 1.807) is 11.0 Å². The summed E-state index contributed by atoms with van der Waals surface area (Å²) >= 11 is 1.49. The molecule has 2 atom stereocenters. The minimum atomic E-state index is -0.952. The lowest BCUT2D eigenvalue weighted by Crippen LogP contribution is -2.54. The molecule has 1 N–H and O–H groups in total. The van der Waals surface area contributed by atoms with E-state index in [0.29, 0.717) is 12.0 Å². The summed E-state index contributed by atoms with van der Waals surface area (Å²) in [6.45, 7) is 5.43. The molecule has 0 saturated carbocycles. The third kappa shape index (κ3) is 3.05. The minimum absolute atomic E-state index is 0.0594. The predicted molar refractivity (Wildman–Crippen MR) is 73.1 cm³/mol. The van der Waals surface area contributed by atoms with Crippen LogP contribution in [-0.4, -0.2) is 44.8 Å². The van der Waals surface area contributed by atoms with Crippen molar-refractivity contribution in [2.24, 2.45) is 0 Å². The van der Waals surface area contributed by atoms with Gasteiger partial charge in [-0.15, -0.1) is 11.8 Å². The first-order valence-corrected chi connectivity index (χ1v) is 7.41. The van der Waals surface area contributed by atoms with Crippen LogP contribution in [0.3, 0.4) is 0 Å². The number of aliphatic carboxylic acids is 1. The molecule has 6 heteroatoms. The maximum Gasteiger partial charge on any atom is 0.411 e. The summed E-state index contributed by atoms with van der Waals surface area (Å²) in [6, 6.07) is 0.0594. The number of thioether (sulfide) groups is 1. The maximum absolute atomic E-state index is 12.3. The first-order chi connectivity index (χ1) is 8.79. The van der Waals surface area contributed by atoms with E-state index in [0.717, 1.165) is 12.2 Å². The third-order valence-corrected chi connectivity index (χ3v) is 4.37. The van der Waals surface area contributed by atoms with Crippen molar-refractivity contribution in [1.82, 2.24) is 4.90 Å². The number of carbonyl (C=O) groups excluding carboxylic acids is 1. The molecule has 0 aliphatic carbocycles. The quantitative estimate of drug-likeness (QED) is 0.801. The van der Waals surface area contributed by atoms with Crippen LogP contribution in [0.1, 0.15) is 33.6 Å². The van der Waals surface area contributed by atoms with Gasteiger partial charge in [0.15, 0.2) is 0 Å². The number of carboxylic acids is 1. The second-order valence-electron chi connectivity index (χ2n) is 5.75. The fourth-order valence-electron chi connectivity index (χ4n) is 2.31. The fourth-order valence-corrected chi connectivity index (χ4v) is 3.74. The highest BCUT2D eigenvalue weighted by Crippen LogP contribution is 2.38. The Morgan fingerprint density at radius 1 is 1.47 bits per heavy atom. The maximum atomic E-state index is 12.3. The van der Waals surface area contributed by atoms with E-state index in [-0.39, 0.29) is 6.04 Å². The second kappa shape index (κ2) is 5.07. The van der Waals surface area contributed by atoms with Crippen LogP contribution in [0.15, 0.2) is 11.6 Å².